The fraction of sp³-hybridized carbons (Fsp3) is 1.00. The van der Waals surface area contributed by atoms with Crippen LogP contribution in [0.15, 0.2) is 0 Å². The Balaban J connectivity index is 1.91. The molecular formula is C14H31N3. The minimum Gasteiger partial charge on any atom is -0.317 e. The maximum absolute atomic E-state index is 3.55. The third-order valence-electron chi connectivity index (χ3n) is 3.48. The van der Waals surface area contributed by atoms with E-state index in [0.717, 1.165) is 6.54 Å². The molecule has 0 bridgehead atoms. The largest absolute Gasteiger partial charge is 0.317 e. The summed E-state index contributed by atoms with van der Waals surface area (Å²) >= 11 is 0. The molecule has 1 fully saturated rings. The lowest BCUT2D eigenvalue weighted by atomic mass is 9.92. The molecule has 0 aromatic carbocycles. The zero-order valence-electron chi connectivity index (χ0n) is 12.3. The number of hydrogen-bond acceptors (Lipinski definition) is 3. The van der Waals surface area contributed by atoms with Crippen molar-refractivity contribution in [3.8, 4) is 0 Å². The van der Waals surface area contributed by atoms with Gasteiger partial charge in [0.1, 0.15) is 0 Å². The lowest BCUT2D eigenvalue weighted by Gasteiger charge is -2.32. The Hall–Kier alpha value is -0.120. The van der Waals surface area contributed by atoms with Crippen LogP contribution in [0.2, 0.25) is 0 Å². The zero-order valence-corrected chi connectivity index (χ0v) is 12.3. The van der Waals surface area contributed by atoms with Crippen LogP contribution in [-0.2, 0) is 0 Å². The number of hydrogen-bond donors (Lipinski definition) is 1. The Bertz CT molecular complexity index is 190. The topological polar surface area (TPSA) is 18.5 Å². The molecule has 1 rings (SSSR count). The van der Waals surface area contributed by atoms with Crippen molar-refractivity contribution in [1.82, 2.24) is 15.1 Å². The van der Waals surface area contributed by atoms with Gasteiger partial charge in [0.05, 0.1) is 0 Å². The van der Waals surface area contributed by atoms with Gasteiger partial charge < -0.3 is 15.1 Å². The molecule has 0 unspecified atom stereocenters. The highest BCUT2D eigenvalue weighted by molar-refractivity contribution is 4.69. The highest BCUT2D eigenvalue weighted by Crippen LogP contribution is 2.16. The van der Waals surface area contributed by atoms with Crippen molar-refractivity contribution in [2.45, 2.75) is 33.6 Å². The molecule has 3 nitrogen and oxygen atoms in total. The summed E-state index contributed by atoms with van der Waals surface area (Å²) in [5.74, 6) is 0. The lowest BCUT2D eigenvalue weighted by molar-refractivity contribution is 0.152. The van der Waals surface area contributed by atoms with Gasteiger partial charge in [-0.05, 0) is 44.9 Å². The Morgan fingerprint density at radius 3 is 2.24 bits per heavy atom. The molecule has 102 valence electrons. The minimum atomic E-state index is 0.463. The van der Waals surface area contributed by atoms with Crippen LogP contribution in [0, 0.1) is 5.41 Å². The summed E-state index contributed by atoms with van der Waals surface area (Å²) in [6.45, 7) is 15.5. The van der Waals surface area contributed by atoms with E-state index in [1.54, 1.807) is 0 Å². The molecule has 0 atom stereocenters. The van der Waals surface area contributed by atoms with Crippen molar-refractivity contribution in [3.05, 3.63) is 0 Å². The first-order chi connectivity index (χ1) is 7.97. The number of rotatable bonds is 6. The quantitative estimate of drug-likeness (QED) is 0.713. The van der Waals surface area contributed by atoms with Gasteiger partial charge in [0.25, 0.3) is 0 Å². The third kappa shape index (κ3) is 7.74. The summed E-state index contributed by atoms with van der Waals surface area (Å²) in [7, 11) is 2.21. The number of nitrogens with one attached hydrogen (secondary N) is 1. The average Bonchev–Trinajstić information content (AvgIpc) is 2.24. The van der Waals surface area contributed by atoms with Gasteiger partial charge in [0, 0.05) is 26.2 Å². The van der Waals surface area contributed by atoms with Gasteiger partial charge in [-0.2, -0.15) is 0 Å². The Morgan fingerprint density at radius 2 is 1.65 bits per heavy atom. The van der Waals surface area contributed by atoms with E-state index in [-0.39, 0.29) is 0 Å². The van der Waals surface area contributed by atoms with E-state index in [1.165, 1.54) is 52.1 Å². The second-order valence-corrected chi connectivity index (χ2v) is 6.56. The molecule has 1 N–H and O–H groups in total. The van der Waals surface area contributed by atoms with Crippen molar-refractivity contribution >= 4 is 0 Å². The van der Waals surface area contributed by atoms with Crippen LogP contribution in [0.25, 0.3) is 0 Å². The number of piperazine rings is 1. The molecule has 1 aliphatic rings. The van der Waals surface area contributed by atoms with Crippen LogP contribution >= 0.6 is 0 Å². The molecule has 0 radical (unpaired) electrons. The van der Waals surface area contributed by atoms with Crippen molar-refractivity contribution in [3.63, 3.8) is 0 Å². The van der Waals surface area contributed by atoms with Crippen LogP contribution < -0.4 is 5.32 Å². The second-order valence-electron chi connectivity index (χ2n) is 6.56. The molecule has 1 aliphatic heterocycles. The predicted molar refractivity (Wildman–Crippen MR) is 75.5 cm³/mol. The maximum Gasteiger partial charge on any atom is 0.0110 e. The summed E-state index contributed by atoms with van der Waals surface area (Å²) in [6.07, 6.45) is 2.55. The molecule has 1 heterocycles. The van der Waals surface area contributed by atoms with Gasteiger partial charge in [-0.3, -0.25) is 0 Å². The fourth-order valence-electron chi connectivity index (χ4n) is 2.09. The Labute approximate surface area is 108 Å². The Morgan fingerprint density at radius 1 is 1.00 bits per heavy atom. The van der Waals surface area contributed by atoms with E-state index < -0.39 is 0 Å². The van der Waals surface area contributed by atoms with Crippen LogP contribution in [0.5, 0.6) is 0 Å². The van der Waals surface area contributed by atoms with Crippen LogP contribution in [0.3, 0.4) is 0 Å². The summed E-state index contributed by atoms with van der Waals surface area (Å²) in [5.41, 5.74) is 0.463. The van der Waals surface area contributed by atoms with E-state index in [2.05, 4.69) is 42.9 Å². The molecule has 0 aliphatic carbocycles. The van der Waals surface area contributed by atoms with Crippen LogP contribution in [0.4, 0.5) is 0 Å². The average molecular weight is 241 g/mol. The highest BCUT2D eigenvalue weighted by atomic mass is 15.2. The van der Waals surface area contributed by atoms with Gasteiger partial charge in [-0.1, -0.05) is 20.8 Å². The van der Waals surface area contributed by atoms with Gasteiger partial charge in [-0.25, -0.2) is 0 Å². The van der Waals surface area contributed by atoms with Crippen molar-refractivity contribution in [1.29, 1.82) is 0 Å². The molecule has 0 aromatic rings. The lowest BCUT2D eigenvalue weighted by Crippen LogP contribution is -2.45. The molecule has 0 aromatic heterocycles. The molecule has 0 saturated carbocycles. The summed E-state index contributed by atoms with van der Waals surface area (Å²) < 4.78 is 0. The first-order valence-corrected chi connectivity index (χ1v) is 7.09. The van der Waals surface area contributed by atoms with Crippen molar-refractivity contribution < 1.29 is 0 Å². The van der Waals surface area contributed by atoms with E-state index in [9.17, 15) is 0 Å². The first-order valence-electron chi connectivity index (χ1n) is 7.09. The van der Waals surface area contributed by atoms with Gasteiger partial charge >= 0.3 is 0 Å². The molecule has 17 heavy (non-hydrogen) atoms. The van der Waals surface area contributed by atoms with E-state index in [0.29, 0.717) is 5.41 Å². The monoisotopic (exact) mass is 241 g/mol. The summed E-state index contributed by atoms with van der Waals surface area (Å²) in [4.78, 5) is 5.00. The van der Waals surface area contributed by atoms with E-state index in [1.807, 2.05) is 0 Å². The van der Waals surface area contributed by atoms with Gasteiger partial charge in [0.2, 0.25) is 0 Å². The standard InChI is InChI=1S/C14H31N3/c1-14(2,3)6-8-15-7-5-9-17-12-10-16(4)11-13-17/h15H,5-13H2,1-4H3. The maximum atomic E-state index is 3.55. The zero-order chi connectivity index (χ0) is 12.7. The molecule has 1 saturated heterocycles. The van der Waals surface area contributed by atoms with Crippen LogP contribution in [0.1, 0.15) is 33.6 Å². The third-order valence-corrected chi connectivity index (χ3v) is 3.48. The predicted octanol–water partition coefficient (Wildman–Crippen LogP) is 1.65. The van der Waals surface area contributed by atoms with Crippen molar-refractivity contribution in [2.75, 3.05) is 52.9 Å². The van der Waals surface area contributed by atoms with Crippen molar-refractivity contribution in [2.24, 2.45) is 5.41 Å². The highest BCUT2D eigenvalue weighted by Gasteiger charge is 2.12. The summed E-state index contributed by atoms with van der Waals surface area (Å²) in [6, 6.07) is 0. The molecule has 3 heteroatoms. The number of likely N-dealkylation sites (N-methyl/N-ethyl adjacent to an activating group) is 1. The van der Waals surface area contributed by atoms with Crippen LogP contribution in [-0.4, -0.2) is 62.7 Å². The molecule has 0 spiro atoms. The van der Waals surface area contributed by atoms with Gasteiger partial charge in [-0.15, -0.1) is 0 Å². The second kappa shape index (κ2) is 7.34. The normalized spacial score (nSPS) is 19.8. The first kappa shape index (κ1) is 14.9. The van der Waals surface area contributed by atoms with Gasteiger partial charge in [0.15, 0.2) is 0 Å². The smallest absolute Gasteiger partial charge is 0.0110 e. The molecular weight excluding hydrogens is 210 g/mol. The minimum absolute atomic E-state index is 0.463. The fourth-order valence-corrected chi connectivity index (χ4v) is 2.09. The SMILES string of the molecule is CN1CCN(CCCNCCC(C)(C)C)CC1. The molecule has 0 amide bonds. The number of nitrogens with zero attached hydrogens (tertiary/aromatic N) is 2. The summed E-state index contributed by atoms with van der Waals surface area (Å²) in [5, 5.41) is 3.55. The Kier molecular flexibility index (Phi) is 6.45. The van der Waals surface area contributed by atoms with E-state index >= 15 is 0 Å². The van der Waals surface area contributed by atoms with E-state index in [4.69, 9.17) is 0 Å².